The van der Waals surface area contributed by atoms with Gasteiger partial charge in [0.15, 0.2) is 5.17 Å². The molecule has 1 aromatic carbocycles. The summed E-state index contributed by atoms with van der Waals surface area (Å²) in [7, 11) is 0. The van der Waals surface area contributed by atoms with Gasteiger partial charge < -0.3 is 9.73 Å². The number of aliphatic imine (C=N–C) groups is 1. The third-order valence-corrected chi connectivity index (χ3v) is 4.78. The van der Waals surface area contributed by atoms with Crippen LogP contribution in [0.4, 0.5) is 5.69 Å². The fourth-order valence-electron chi connectivity index (χ4n) is 2.33. The highest BCUT2D eigenvalue weighted by molar-refractivity contribution is 8.14. The van der Waals surface area contributed by atoms with E-state index in [1.165, 1.54) is 6.26 Å². The minimum absolute atomic E-state index is 0.281. The zero-order chi connectivity index (χ0) is 17.6. The number of anilines is 1. The van der Waals surface area contributed by atoms with Crippen molar-refractivity contribution in [3.8, 4) is 0 Å². The van der Waals surface area contributed by atoms with Crippen molar-refractivity contribution in [1.82, 2.24) is 5.43 Å². The number of carbonyl (C=O) groups excluding carboxylic acids is 1. The summed E-state index contributed by atoms with van der Waals surface area (Å²) in [6.07, 6.45) is 2.62. The van der Waals surface area contributed by atoms with Crippen LogP contribution >= 0.6 is 11.8 Å². The second-order valence-corrected chi connectivity index (χ2v) is 6.70. The Kier molecular flexibility index (Phi) is 5.55. The fraction of sp³-hybridized carbons (Fsp3) is 0.278. The average molecular weight is 356 g/mol. The van der Waals surface area contributed by atoms with Gasteiger partial charge in [-0.1, -0.05) is 23.9 Å². The van der Waals surface area contributed by atoms with E-state index in [0.29, 0.717) is 11.3 Å². The van der Waals surface area contributed by atoms with Crippen LogP contribution in [-0.2, 0) is 0 Å². The molecule has 0 aliphatic carbocycles. The summed E-state index contributed by atoms with van der Waals surface area (Å²) in [5, 5.41) is 8.44. The van der Waals surface area contributed by atoms with Crippen LogP contribution < -0.4 is 10.7 Å². The van der Waals surface area contributed by atoms with E-state index in [0.717, 1.165) is 40.8 Å². The highest BCUT2D eigenvalue weighted by Crippen LogP contribution is 2.17. The van der Waals surface area contributed by atoms with Gasteiger partial charge >= 0.3 is 0 Å². The number of hydrogen-bond donors (Lipinski definition) is 2. The van der Waals surface area contributed by atoms with Crippen molar-refractivity contribution in [2.24, 2.45) is 10.1 Å². The molecule has 0 spiro atoms. The van der Waals surface area contributed by atoms with Gasteiger partial charge in [-0.15, -0.1) is 0 Å². The average Bonchev–Trinajstić information content (AvgIpc) is 3.07. The second kappa shape index (κ2) is 8.02. The van der Waals surface area contributed by atoms with Gasteiger partial charge in [-0.2, -0.15) is 5.10 Å². The normalized spacial score (nSPS) is 14.8. The molecule has 2 N–H and O–H groups in total. The molecular weight excluding hydrogens is 336 g/mol. The standard InChI is InChI=1S/C18H20N4O2S/c1-12(21-22-17(23)16-8-10-24-13(16)2)14-4-6-15(7-5-14)20-18-19-9-3-11-25-18/h4-8,10H,3,9,11H2,1-2H3,(H,19,20)(H,22,23)/b21-12-. The number of hydrogen-bond acceptors (Lipinski definition) is 6. The Morgan fingerprint density at radius 3 is 2.72 bits per heavy atom. The maximum atomic E-state index is 12.0. The van der Waals surface area contributed by atoms with Crippen LogP contribution in [0.15, 0.2) is 51.1 Å². The van der Waals surface area contributed by atoms with E-state index in [1.54, 1.807) is 24.8 Å². The number of amides is 1. The molecule has 3 rings (SSSR count). The summed E-state index contributed by atoms with van der Waals surface area (Å²) in [6, 6.07) is 9.51. The maximum absolute atomic E-state index is 12.0. The van der Waals surface area contributed by atoms with Gasteiger partial charge in [-0.3, -0.25) is 9.79 Å². The molecule has 25 heavy (non-hydrogen) atoms. The number of furan rings is 1. The number of thioether (sulfide) groups is 1. The second-order valence-electron chi connectivity index (χ2n) is 5.62. The molecule has 0 saturated heterocycles. The number of nitrogens with one attached hydrogen (secondary N) is 2. The number of aryl methyl sites for hydroxylation is 1. The van der Waals surface area contributed by atoms with E-state index in [2.05, 4.69) is 20.8 Å². The summed E-state index contributed by atoms with van der Waals surface area (Å²) in [4.78, 5) is 16.5. The molecule has 1 aliphatic heterocycles. The van der Waals surface area contributed by atoms with Crippen molar-refractivity contribution < 1.29 is 9.21 Å². The highest BCUT2D eigenvalue weighted by atomic mass is 32.2. The Hall–Kier alpha value is -2.54. The Labute approximate surface area is 150 Å². The van der Waals surface area contributed by atoms with Gasteiger partial charge in [0.2, 0.25) is 0 Å². The summed E-state index contributed by atoms with van der Waals surface area (Å²) in [5.41, 5.74) is 5.70. The zero-order valence-electron chi connectivity index (χ0n) is 14.2. The smallest absolute Gasteiger partial charge is 0.274 e. The first-order valence-electron chi connectivity index (χ1n) is 8.07. The largest absolute Gasteiger partial charge is 0.469 e. The molecule has 130 valence electrons. The van der Waals surface area contributed by atoms with E-state index >= 15 is 0 Å². The molecule has 6 nitrogen and oxygen atoms in total. The van der Waals surface area contributed by atoms with Crippen molar-refractivity contribution in [2.75, 3.05) is 17.6 Å². The van der Waals surface area contributed by atoms with Crippen LogP contribution in [0.3, 0.4) is 0 Å². The van der Waals surface area contributed by atoms with E-state index in [-0.39, 0.29) is 5.91 Å². The molecular formula is C18H20N4O2S. The van der Waals surface area contributed by atoms with E-state index in [1.807, 2.05) is 31.2 Å². The molecule has 0 fully saturated rings. The van der Waals surface area contributed by atoms with Gasteiger partial charge in [0.25, 0.3) is 5.91 Å². The number of hydrazone groups is 1. The Bertz CT molecular complexity index is 809. The molecule has 2 heterocycles. The number of nitrogens with zero attached hydrogens (tertiary/aromatic N) is 2. The van der Waals surface area contributed by atoms with Crippen molar-refractivity contribution in [3.05, 3.63) is 53.5 Å². The number of carbonyl (C=O) groups is 1. The van der Waals surface area contributed by atoms with Gasteiger partial charge in [-0.05, 0) is 44.0 Å². The van der Waals surface area contributed by atoms with Crippen molar-refractivity contribution in [1.29, 1.82) is 0 Å². The quantitative estimate of drug-likeness (QED) is 0.647. The Morgan fingerprint density at radius 2 is 2.08 bits per heavy atom. The van der Waals surface area contributed by atoms with Gasteiger partial charge in [0.1, 0.15) is 5.76 Å². The SMILES string of the molecule is C/C(=N/NC(=O)c1ccoc1C)c1ccc(NC2=NCCCS2)cc1. The first kappa shape index (κ1) is 17.3. The van der Waals surface area contributed by atoms with Crippen LogP contribution in [0, 0.1) is 6.92 Å². The van der Waals surface area contributed by atoms with Crippen molar-refractivity contribution in [3.63, 3.8) is 0 Å². The summed E-state index contributed by atoms with van der Waals surface area (Å²) in [5.74, 6) is 1.39. The lowest BCUT2D eigenvalue weighted by Crippen LogP contribution is -2.19. The lowest BCUT2D eigenvalue weighted by atomic mass is 10.1. The van der Waals surface area contributed by atoms with Crippen LogP contribution in [0.5, 0.6) is 0 Å². The molecule has 1 amide bonds. The fourth-order valence-corrected chi connectivity index (χ4v) is 3.17. The molecule has 1 aromatic heterocycles. The number of amidine groups is 1. The number of rotatable bonds is 4. The summed E-state index contributed by atoms with van der Waals surface area (Å²) in [6.45, 7) is 4.48. The highest BCUT2D eigenvalue weighted by Gasteiger charge is 2.11. The molecule has 0 radical (unpaired) electrons. The predicted molar refractivity (Wildman–Crippen MR) is 103 cm³/mol. The molecule has 7 heteroatoms. The van der Waals surface area contributed by atoms with E-state index in [4.69, 9.17) is 4.42 Å². The summed E-state index contributed by atoms with van der Waals surface area (Å²) >= 11 is 1.74. The lowest BCUT2D eigenvalue weighted by Gasteiger charge is -2.13. The Morgan fingerprint density at radius 1 is 1.28 bits per heavy atom. The molecule has 0 saturated carbocycles. The topological polar surface area (TPSA) is 79.0 Å². The maximum Gasteiger partial charge on any atom is 0.274 e. The minimum atomic E-state index is -0.281. The van der Waals surface area contributed by atoms with Crippen molar-refractivity contribution >= 4 is 34.2 Å². The first-order valence-corrected chi connectivity index (χ1v) is 9.05. The van der Waals surface area contributed by atoms with Gasteiger partial charge in [0, 0.05) is 18.0 Å². The van der Waals surface area contributed by atoms with Crippen LogP contribution in [0.2, 0.25) is 0 Å². The molecule has 0 atom stereocenters. The van der Waals surface area contributed by atoms with Crippen LogP contribution in [0.1, 0.15) is 35.0 Å². The minimum Gasteiger partial charge on any atom is -0.469 e. The van der Waals surface area contributed by atoms with Crippen LogP contribution in [0.25, 0.3) is 0 Å². The van der Waals surface area contributed by atoms with Crippen molar-refractivity contribution in [2.45, 2.75) is 20.3 Å². The van der Waals surface area contributed by atoms with Gasteiger partial charge in [0.05, 0.1) is 17.5 Å². The lowest BCUT2D eigenvalue weighted by molar-refractivity contribution is 0.0953. The van der Waals surface area contributed by atoms with Crippen LogP contribution in [-0.4, -0.2) is 29.1 Å². The molecule has 1 aliphatic rings. The monoisotopic (exact) mass is 356 g/mol. The third-order valence-electron chi connectivity index (χ3n) is 3.78. The summed E-state index contributed by atoms with van der Waals surface area (Å²) < 4.78 is 5.12. The zero-order valence-corrected chi connectivity index (χ0v) is 15.0. The van der Waals surface area contributed by atoms with Gasteiger partial charge in [-0.25, -0.2) is 5.43 Å². The first-order chi connectivity index (χ1) is 12.1. The molecule has 0 unspecified atom stereocenters. The molecule has 2 aromatic rings. The van der Waals surface area contributed by atoms with E-state index < -0.39 is 0 Å². The van der Waals surface area contributed by atoms with E-state index in [9.17, 15) is 4.79 Å². The predicted octanol–water partition coefficient (Wildman–Crippen LogP) is 3.65. The number of benzene rings is 1. The third kappa shape index (κ3) is 4.51. The molecule has 0 bridgehead atoms. The Balaban J connectivity index is 1.62.